The van der Waals surface area contributed by atoms with E-state index in [1.165, 1.54) is 12.4 Å². The molecule has 2 aromatic rings. The van der Waals surface area contributed by atoms with Gasteiger partial charge < -0.3 is 19.5 Å². The third kappa shape index (κ3) is 4.05. The number of anilines is 1. The lowest BCUT2D eigenvalue weighted by molar-refractivity contribution is -0.384. The minimum absolute atomic E-state index is 0.0851. The predicted molar refractivity (Wildman–Crippen MR) is 105 cm³/mol. The Kier molecular flexibility index (Phi) is 5.41. The maximum absolute atomic E-state index is 12.4. The molecule has 1 N–H and O–H groups in total. The van der Waals surface area contributed by atoms with Crippen LogP contribution in [0, 0.1) is 10.1 Å². The summed E-state index contributed by atoms with van der Waals surface area (Å²) in [5, 5.41) is 11.8. The van der Waals surface area contributed by atoms with Crippen LogP contribution in [0.1, 0.15) is 0 Å². The molecule has 0 atom stereocenters. The first-order valence-electron chi connectivity index (χ1n) is 9.51. The van der Waals surface area contributed by atoms with E-state index in [0.717, 1.165) is 0 Å². The lowest BCUT2D eigenvalue weighted by Crippen LogP contribution is -2.51. The van der Waals surface area contributed by atoms with E-state index in [-0.39, 0.29) is 17.0 Å². The molecule has 0 aliphatic carbocycles. The number of H-pyrrole nitrogens is 1. The fraction of sp³-hybridized carbons (Fsp3) is 0.500. The van der Waals surface area contributed by atoms with Gasteiger partial charge in [0.05, 0.1) is 41.9 Å². The quantitative estimate of drug-likeness (QED) is 0.551. The van der Waals surface area contributed by atoms with Crippen LogP contribution in [0.5, 0.6) is 0 Å². The van der Waals surface area contributed by atoms with Crippen molar-refractivity contribution in [3.05, 3.63) is 38.9 Å². The molecule has 4 rings (SSSR count). The number of hydrogen-bond acceptors (Lipinski definition) is 8. The molecule has 29 heavy (non-hydrogen) atoms. The summed E-state index contributed by atoms with van der Waals surface area (Å²) in [6.07, 6.45) is 1.29. The second kappa shape index (κ2) is 8.13. The molecular weight excluding hydrogens is 380 g/mol. The Labute approximate surface area is 166 Å². The molecule has 154 valence electrons. The number of hydrogen-bond donors (Lipinski definition) is 1. The second-order valence-corrected chi connectivity index (χ2v) is 7.10. The van der Waals surface area contributed by atoms with E-state index in [1.807, 2.05) is 9.80 Å². The maximum Gasteiger partial charge on any atom is 0.293 e. The van der Waals surface area contributed by atoms with Crippen LogP contribution in [0.25, 0.3) is 10.9 Å². The Balaban J connectivity index is 1.47. The van der Waals surface area contributed by atoms with Crippen molar-refractivity contribution < 1.29 is 14.5 Å². The molecule has 1 amide bonds. The fourth-order valence-corrected chi connectivity index (χ4v) is 3.74. The molecule has 2 aliphatic rings. The number of ether oxygens (including phenoxy) is 1. The Morgan fingerprint density at radius 3 is 2.59 bits per heavy atom. The van der Waals surface area contributed by atoms with Gasteiger partial charge in [0.2, 0.25) is 5.91 Å². The van der Waals surface area contributed by atoms with Crippen molar-refractivity contribution in [2.24, 2.45) is 0 Å². The average Bonchev–Trinajstić information content (AvgIpc) is 2.74. The van der Waals surface area contributed by atoms with E-state index in [2.05, 4.69) is 14.9 Å². The molecule has 11 nitrogen and oxygen atoms in total. The van der Waals surface area contributed by atoms with Crippen LogP contribution in [-0.2, 0) is 9.53 Å². The van der Waals surface area contributed by atoms with Crippen molar-refractivity contribution in [2.45, 2.75) is 0 Å². The zero-order valence-electron chi connectivity index (χ0n) is 15.9. The van der Waals surface area contributed by atoms with Crippen LogP contribution in [0.3, 0.4) is 0 Å². The second-order valence-electron chi connectivity index (χ2n) is 7.10. The molecule has 0 bridgehead atoms. The van der Waals surface area contributed by atoms with E-state index < -0.39 is 10.5 Å². The summed E-state index contributed by atoms with van der Waals surface area (Å²) in [6, 6.07) is 2.88. The summed E-state index contributed by atoms with van der Waals surface area (Å²) in [6.45, 7) is 5.05. The predicted octanol–water partition coefficient (Wildman–Crippen LogP) is -0.188. The van der Waals surface area contributed by atoms with Crippen LogP contribution < -0.4 is 10.5 Å². The molecule has 1 aromatic heterocycles. The maximum atomic E-state index is 12.4. The summed E-state index contributed by atoms with van der Waals surface area (Å²) >= 11 is 0. The van der Waals surface area contributed by atoms with Crippen LogP contribution in [0.15, 0.2) is 23.3 Å². The van der Waals surface area contributed by atoms with Crippen molar-refractivity contribution in [1.82, 2.24) is 19.8 Å². The number of morpholine rings is 1. The van der Waals surface area contributed by atoms with Crippen molar-refractivity contribution in [3.8, 4) is 0 Å². The number of nitrogens with one attached hydrogen (secondary N) is 1. The van der Waals surface area contributed by atoms with Gasteiger partial charge in [-0.2, -0.15) is 0 Å². The van der Waals surface area contributed by atoms with E-state index in [4.69, 9.17) is 4.74 Å². The number of fused-ring (bicyclic) bond motifs is 1. The first-order valence-corrected chi connectivity index (χ1v) is 9.51. The first-order chi connectivity index (χ1) is 14.0. The number of piperazine rings is 1. The van der Waals surface area contributed by atoms with E-state index in [9.17, 15) is 19.7 Å². The van der Waals surface area contributed by atoms with Gasteiger partial charge in [0.15, 0.2) is 0 Å². The zero-order valence-corrected chi connectivity index (χ0v) is 15.9. The van der Waals surface area contributed by atoms with Crippen molar-refractivity contribution in [2.75, 3.05) is 63.9 Å². The number of amides is 1. The Morgan fingerprint density at radius 2 is 1.90 bits per heavy atom. The van der Waals surface area contributed by atoms with Gasteiger partial charge in [0.1, 0.15) is 5.69 Å². The minimum Gasteiger partial charge on any atom is -0.378 e. The molecule has 0 saturated carbocycles. The number of carbonyl (C=O) groups is 1. The van der Waals surface area contributed by atoms with Gasteiger partial charge in [-0.15, -0.1) is 0 Å². The van der Waals surface area contributed by atoms with Gasteiger partial charge in [-0.3, -0.25) is 24.6 Å². The fourth-order valence-electron chi connectivity index (χ4n) is 3.74. The Bertz CT molecular complexity index is 978. The monoisotopic (exact) mass is 402 g/mol. The standard InChI is InChI=1S/C18H22N6O5/c25-17(23-5-7-29-8-6-23)11-21-1-3-22(4-2-21)15-10-14-13(9-16(15)24(27)28)18(26)20-12-19-14/h9-10,12H,1-8,11H2,(H,19,20,26). The average molecular weight is 402 g/mol. The smallest absolute Gasteiger partial charge is 0.293 e. The van der Waals surface area contributed by atoms with Crippen LogP contribution in [-0.4, -0.2) is 89.6 Å². The number of nitrogens with zero attached hydrogens (tertiary/aromatic N) is 5. The lowest BCUT2D eigenvalue weighted by atomic mass is 10.1. The van der Waals surface area contributed by atoms with Crippen LogP contribution >= 0.6 is 0 Å². The van der Waals surface area contributed by atoms with E-state index in [0.29, 0.717) is 70.2 Å². The van der Waals surface area contributed by atoms with Crippen molar-refractivity contribution in [1.29, 1.82) is 0 Å². The molecule has 2 aliphatic heterocycles. The third-order valence-corrected chi connectivity index (χ3v) is 5.37. The summed E-state index contributed by atoms with van der Waals surface area (Å²) in [4.78, 5) is 47.8. The summed E-state index contributed by atoms with van der Waals surface area (Å²) in [7, 11) is 0. The number of aromatic nitrogens is 2. The molecule has 11 heteroatoms. The molecule has 0 radical (unpaired) electrons. The van der Waals surface area contributed by atoms with Crippen molar-refractivity contribution >= 4 is 28.2 Å². The van der Waals surface area contributed by atoms with E-state index >= 15 is 0 Å². The first kappa shape index (κ1) is 19.3. The van der Waals surface area contributed by atoms with Gasteiger partial charge >= 0.3 is 0 Å². The highest BCUT2D eigenvalue weighted by Gasteiger charge is 2.27. The number of carbonyl (C=O) groups excluding carboxylic acids is 1. The number of rotatable bonds is 4. The molecule has 3 heterocycles. The molecule has 1 aromatic carbocycles. The van der Waals surface area contributed by atoms with Crippen LogP contribution in [0.2, 0.25) is 0 Å². The van der Waals surface area contributed by atoms with Gasteiger partial charge in [-0.25, -0.2) is 4.98 Å². The highest BCUT2D eigenvalue weighted by atomic mass is 16.6. The summed E-state index contributed by atoms with van der Waals surface area (Å²) in [5.74, 6) is 0.0851. The molecule has 0 spiro atoms. The number of nitro groups is 1. The normalized spacial score (nSPS) is 18.2. The highest BCUT2D eigenvalue weighted by molar-refractivity contribution is 5.87. The highest BCUT2D eigenvalue weighted by Crippen LogP contribution is 2.31. The molecule has 2 fully saturated rings. The third-order valence-electron chi connectivity index (χ3n) is 5.37. The van der Waals surface area contributed by atoms with Crippen molar-refractivity contribution in [3.63, 3.8) is 0 Å². The lowest BCUT2D eigenvalue weighted by Gasteiger charge is -2.36. The molecule has 2 saturated heterocycles. The Morgan fingerprint density at radius 1 is 1.17 bits per heavy atom. The van der Waals surface area contributed by atoms with Gasteiger partial charge in [-0.05, 0) is 6.07 Å². The number of aromatic amines is 1. The molecule has 0 unspecified atom stereocenters. The van der Waals surface area contributed by atoms with Gasteiger partial charge in [-0.1, -0.05) is 0 Å². The Hall–Kier alpha value is -3.05. The van der Waals surface area contributed by atoms with E-state index in [1.54, 1.807) is 6.07 Å². The van der Waals surface area contributed by atoms with Crippen LogP contribution in [0.4, 0.5) is 11.4 Å². The SMILES string of the molecule is O=C(CN1CCN(c2cc3nc[nH]c(=O)c3cc2[N+](=O)[O-])CC1)N1CCOCC1. The zero-order chi connectivity index (χ0) is 20.4. The van der Waals surface area contributed by atoms with Gasteiger partial charge in [0.25, 0.3) is 11.2 Å². The minimum atomic E-state index is -0.477. The topological polar surface area (TPSA) is 125 Å². The molecular formula is C18H22N6O5. The largest absolute Gasteiger partial charge is 0.378 e. The summed E-state index contributed by atoms with van der Waals surface area (Å²) < 4.78 is 5.28. The number of benzene rings is 1. The summed E-state index contributed by atoms with van der Waals surface area (Å²) in [5.41, 5.74) is 0.337. The number of nitro benzene ring substituents is 1. The van der Waals surface area contributed by atoms with Gasteiger partial charge in [0, 0.05) is 45.3 Å².